The summed E-state index contributed by atoms with van der Waals surface area (Å²) in [5, 5.41) is 13.8. The molecule has 0 radical (unpaired) electrons. The smallest absolute Gasteiger partial charge is 0.161 e. The van der Waals surface area contributed by atoms with Crippen LogP contribution in [0.15, 0.2) is 60.7 Å². The predicted octanol–water partition coefficient (Wildman–Crippen LogP) is 5.90. The first-order valence-electron chi connectivity index (χ1n) is 8.31. The van der Waals surface area contributed by atoms with E-state index < -0.39 is 0 Å². The van der Waals surface area contributed by atoms with E-state index in [0.29, 0.717) is 34.7 Å². The van der Waals surface area contributed by atoms with Crippen LogP contribution in [0, 0.1) is 0 Å². The minimum atomic E-state index is 0.240. The Balaban J connectivity index is 1.65. The van der Waals surface area contributed by atoms with Crippen LogP contribution in [0.4, 0.5) is 5.69 Å². The van der Waals surface area contributed by atoms with Crippen molar-refractivity contribution >= 4 is 28.9 Å². The summed E-state index contributed by atoms with van der Waals surface area (Å²) in [4.78, 5) is 0. The summed E-state index contributed by atoms with van der Waals surface area (Å²) in [5.74, 6) is 1.52. The molecular formula is C21H19Cl2NO3. The second-order valence-corrected chi connectivity index (χ2v) is 6.75. The van der Waals surface area contributed by atoms with Gasteiger partial charge in [0.25, 0.3) is 0 Å². The van der Waals surface area contributed by atoms with Crippen LogP contribution >= 0.6 is 23.2 Å². The predicted molar refractivity (Wildman–Crippen MR) is 109 cm³/mol. The molecule has 0 saturated carbocycles. The molecule has 0 heterocycles. The van der Waals surface area contributed by atoms with Gasteiger partial charge in [0.05, 0.1) is 7.11 Å². The number of rotatable bonds is 7. The first-order valence-corrected chi connectivity index (χ1v) is 9.07. The summed E-state index contributed by atoms with van der Waals surface area (Å²) >= 11 is 12.1. The Kier molecular flexibility index (Phi) is 6.32. The van der Waals surface area contributed by atoms with Gasteiger partial charge in [0.1, 0.15) is 12.4 Å². The van der Waals surface area contributed by atoms with E-state index in [-0.39, 0.29) is 5.75 Å². The Morgan fingerprint density at radius 1 is 0.926 bits per heavy atom. The lowest BCUT2D eigenvalue weighted by molar-refractivity contribution is 0.284. The molecule has 3 rings (SSSR count). The zero-order chi connectivity index (χ0) is 19.2. The fourth-order valence-electron chi connectivity index (χ4n) is 2.52. The summed E-state index contributed by atoms with van der Waals surface area (Å²) in [6.07, 6.45) is 0. The van der Waals surface area contributed by atoms with Crippen molar-refractivity contribution in [2.75, 3.05) is 12.4 Å². The van der Waals surface area contributed by atoms with Crippen LogP contribution < -0.4 is 14.8 Å². The number of phenolic OH excluding ortho intramolecular Hbond substituents is 1. The molecule has 3 aromatic carbocycles. The van der Waals surface area contributed by atoms with E-state index in [2.05, 4.69) is 5.32 Å². The Hall–Kier alpha value is -2.56. The van der Waals surface area contributed by atoms with Crippen molar-refractivity contribution in [1.29, 1.82) is 0 Å². The molecule has 4 nitrogen and oxygen atoms in total. The summed E-state index contributed by atoms with van der Waals surface area (Å²) < 4.78 is 11.3. The van der Waals surface area contributed by atoms with Gasteiger partial charge in [0.15, 0.2) is 11.5 Å². The number of benzene rings is 3. The molecule has 0 unspecified atom stereocenters. The van der Waals surface area contributed by atoms with Gasteiger partial charge in [0, 0.05) is 27.8 Å². The Morgan fingerprint density at radius 3 is 2.41 bits per heavy atom. The molecule has 0 spiro atoms. The summed E-state index contributed by atoms with van der Waals surface area (Å²) in [5.41, 5.74) is 2.81. The molecule has 3 aromatic rings. The van der Waals surface area contributed by atoms with Gasteiger partial charge in [-0.2, -0.15) is 0 Å². The Morgan fingerprint density at radius 2 is 1.70 bits per heavy atom. The minimum Gasteiger partial charge on any atom is -0.508 e. The summed E-state index contributed by atoms with van der Waals surface area (Å²) in [6.45, 7) is 0.932. The molecule has 0 bridgehead atoms. The number of hydrogen-bond acceptors (Lipinski definition) is 4. The Labute approximate surface area is 168 Å². The van der Waals surface area contributed by atoms with Crippen LogP contribution in [-0.4, -0.2) is 12.2 Å². The van der Waals surface area contributed by atoms with Gasteiger partial charge < -0.3 is 19.9 Å². The normalized spacial score (nSPS) is 10.5. The van der Waals surface area contributed by atoms with Crippen LogP contribution in [0.1, 0.15) is 11.1 Å². The van der Waals surface area contributed by atoms with Crippen LogP contribution in [0.2, 0.25) is 10.0 Å². The molecule has 0 aliphatic heterocycles. The average Bonchev–Trinajstić information content (AvgIpc) is 2.67. The molecule has 6 heteroatoms. The molecule has 0 aromatic heterocycles. The molecular weight excluding hydrogens is 385 g/mol. The fourth-order valence-corrected chi connectivity index (χ4v) is 2.98. The third-order valence-electron chi connectivity index (χ3n) is 3.99. The highest BCUT2D eigenvalue weighted by atomic mass is 35.5. The molecule has 0 saturated heterocycles. The van der Waals surface area contributed by atoms with E-state index in [1.807, 2.05) is 36.4 Å². The molecule has 0 fully saturated rings. The number of aromatic hydroxyl groups is 1. The minimum absolute atomic E-state index is 0.240. The van der Waals surface area contributed by atoms with Crippen LogP contribution in [0.25, 0.3) is 0 Å². The number of hydrogen-bond donors (Lipinski definition) is 2. The van der Waals surface area contributed by atoms with Crippen LogP contribution in [0.5, 0.6) is 17.2 Å². The monoisotopic (exact) mass is 403 g/mol. The molecule has 0 aliphatic carbocycles. The van der Waals surface area contributed by atoms with Crippen molar-refractivity contribution in [3.05, 3.63) is 81.8 Å². The van der Waals surface area contributed by atoms with E-state index in [4.69, 9.17) is 32.7 Å². The second-order valence-electron chi connectivity index (χ2n) is 5.91. The molecule has 0 amide bonds. The number of nitrogens with one attached hydrogen (secondary N) is 1. The number of anilines is 1. The molecule has 0 atom stereocenters. The fraction of sp³-hybridized carbons (Fsp3) is 0.143. The standard InChI is InChI=1S/C21H19Cl2NO3/c1-26-21-10-14(12-24-17-5-7-18(25)8-6-17)2-9-20(21)27-13-15-3-4-16(22)11-19(15)23/h2-11,24-25H,12-13H2,1H3. The Bertz CT molecular complexity index is 914. The lowest BCUT2D eigenvalue weighted by Gasteiger charge is -2.14. The maximum atomic E-state index is 9.33. The highest BCUT2D eigenvalue weighted by Crippen LogP contribution is 2.30. The van der Waals surface area contributed by atoms with E-state index in [9.17, 15) is 5.11 Å². The van der Waals surface area contributed by atoms with E-state index in [1.165, 1.54) is 0 Å². The van der Waals surface area contributed by atoms with Crippen molar-refractivity contribution < 1.29 is 14.6 Å². The molecule has 140 valence electrons. The maximum Gasteiger partial charge on any atom is 0.161 e. The lowest BCUT2D eigenvalue weighted by atomic mass is 10.2. The van der Waals surface area contributed by atoms with Crippen molar-refractivity contribution in [2.24, 2.45) is 0 Å². The highest BCUT2D eigenvalue weighted by Gasteiger charge is 2.08. The third-order valence-corrected chi connectivity index (χ3v) is 4.58. The van der Waals surface area contributed by atoms with Crippen LogP contribution in [-0.2, 0) is 13.2 Å². The number of phenols is 1. The first-order chi connectivity index (χ1) is 13.0. The van der Waals surface area contributed by atoms with Gasteiger partial charge in [-0.3, -0.25) is 0 Å². The van der Waals surface area contributed by atoms with Crippen molar-refractivity contribution in [2.45, 2.75) is 13.2 Å². The summed E-state index contributed by atoms with van der Waals surface area (Å²) in [7, 11) is 1.61. The van der Waals surface area contributed by atoms with Gasteiger partial charge in [-0.25, -0.2) is 0 Å². The molecule has 27 heavy (non-hydrogen) atoms. The maximum absolute atomic E-state index is 9.33. The van der Waals surface area contributed by atoms with Crippen molar-refractivity contribution in [3.8, 4) is 17.2 Å². The third kappa shape index (κ3) is 5.22. The van der Waals surface area contributed by atoms with Crippen molar-refractivity contribution in [1.82, 2.24) is 0 Å². The zero-order valence-electron chi connectivity index (χ0n) is 14.7. The number of ether oxygens (including phenoxy) is 2. The highest BCUT2D eigenvalue weighted by molar-refractivity contribution is 6.35. The average molecular weight is 404 g/mol. The number of methoxy groups -OCH3 is 1. The van der Waals surface area contributed by atoms with E-state index >= 15 is 0 Å². The molecule has 2 N–H and O–H groups in total. The van der Waals surface area contributed by atoms with Gasteiger partial charge >= 0.3 is 0 Å². The van der Waals surface area contributed by atoms with Gasteiger partial charge in [-0.05, 0) is 54.1 Å². The molecule has 0 aliphatic rings. The van der Waals surface area contributed by atoms with Gasteiger partial charge in [0.2, 0.25) is 0 Å². The van der Waals surface area contributed by atoms with Gasteiger partial charge in [-0.15, -0.1) is 0 Å². The quantitative estimate of drug-likeness (QED) is 0.482. The van der Waals surface area contributed by atoms with E-state index in [1.54, 1.807) is 31.4 Å². The number of halogens is 2. The summed E-state index contributed by atoms with van der Waals surface area (Å²) in [6, 6.07) is 18.0. The van der Waals surface area contributed by atoms with E-state index in [0.717, 1.165) is 16.8 Å². The second kappa shape index (κ2) is 8.89. The topological polar surface area (TPSA) is 50.7 Å². The van der Waals surface area contributed by atoms with Gasteiger partial charge in [-0.1, -0.05) is 35.3 Å². The SMILES string of the molecule is COc1cc(CNc2ccc(O)cc2)ccc1OCc1ccc(Cl)cc1Cl. The lowest BCUT2D eigenvalue weighted by Crippen LogP contribution is -2.02. The van der Waals surface area contributed by atoms with Crippen molar-refractivity contribution in [3.63, 3.8) is 0 Å². The first kappa shape index (κ1) is 19.2. The zero-order valence-corrected chi connectivity index (χ0v) is 16.2. The van der Waals surface area contributed by atoms with Crippen LogP contribution in [0.3, 0.4) is 0 Å². The largest absolute Gasteiger partial charge is 0.508 e.